The second kappa shape index (κ2) is 6.66. The Labute approximate surface area is 120 Å². The van der Waals surface area contributed by atoms with Crippen molar-refractivity contribution in [1.82, 2.24) is 5.32 Å². The van der Waals surface area contributed by atoms with Crippen molar-refractivity contribution in [3.05, 3.63) is 34.9 Å². The summed E-state index contributed by atoms with van der Waals surface area (Å²) in [5, 5.41) is 3.46. The summed E-state index contributed by atoms with van der Waals surface area (Å²) in [6, 6.07) is 3.48. The first-order valence-electron chi connectivity index (χ1n) is 7.66. The Balaban J connectivity index is 2.09. The predicted molar refractivity (Wildman–Crippen MR) is 78.9 cm³/mol. The lowest BCUT2D eigenvalue weighted by Crippen LogP contribution is -2.28. The molecule has 0 saturated heterocycles. The highest BCUT2D eigenvalue weighted by Gasteiger charge is 2.31. The van der Waals surface area contributed by atoms with Crippen LogP contribution in [0.3, 0.4) is 0 Å². The number of nitrogens with one attached hydrogen (secondary N) is 1. The van der Waals surface area contributed by atoms with Gasteiger partial charge in [0.1, 0.15) is 0 Å². The minimum atomic E-state index is -0.678. The smallest absolute Gasteiger partial charge is 0.162 e. The minimum absolute atomic E-state index is 0.157. The second-order valence-corrected chi connectivity index (χ2v) is 6.45. The second-order valence-electron chi connectivity index (χ2n) is 6.45. The predicted octanol–water partition coefficient (Wildman–Crippen LogP) is 4.40. The van der Waals surface area contributed by atoms with Gasteiger partial charge in [0.15, 0.2) is 11.6 Å². The first kappa shape index (κ1) is 15.4. The van der Waals surface area contributed by atoms with Gasteiger partial charge in [-0.05, 0) is 61.7 Å². The molecule has 0 aromatic heterocycles. The number of rotatable bonds is 5. The van der Waals surface area contributed by atoms with Crippen molar-refractivity contribution in [1.29, 1.82) is 0 Å². The molecular formula is C17H25F2N. The highest BCUT2D eigenvalue weighted by Crippen LogP contribution is 2.40. The molecule has 1 fully saturated rings. The number of hydrogen-bond donors (Lipinski definition) is 1. The molecule has 0 bridgehead atoms. The average molecular weight is 281 g/mol. The minimum Gasteiger partial charge on any atom is -0.316 e. The first-order valence-corrected chi connectivity index (χ1v) is 7.66. The van der Waals surface area contributed by atoms with Gasteiger partial charge in [-0.1, -0.05) is 32.4 Å². The van der Waals surface area contributed by atoms with Crippen LogP contribution in [0.1, 0.15) is 50.2 Å². The Bertz CT molecular complexity index is 457. The molecule has 0 radical (unpaired) electrons. The third kappa shape index (κ3) is 3.38. The van der Waals surface area contributed by atoms with Gasteiger partial charge in [-0.15, -0.1) is 0 Å². The summed E-state index contributed by atoms with van der Waals surface area (Å²) in [6.45, 7) is 7.84. The lowest BCUT2D eigenvalue weighted by Gasteiger charge is -2.22. The van der Waals surface area contributed by atoms with E-state index < -0.39 is 11.6 Å². The van der Waals surface area contributed by atoms with Gasteiger partial charge >= 0.3 is 0 Å². The van der Waals surface area contributed by atoms with E-state index in [1.807, 2.05) is 0 Å². The molecule has 1 nitrogen and oxygen atoms in total. The van der Waals surface area contributed by atoms with E-state index in [1.54, 1.807) is 19.1 Å². The topological polar surface area (TPSA) is 12.0 Å². The third-order valence-corrected chi connectivity index (χ3v) is 4.32. The van der Waals surface area contributed by atoms with Gasteiger partial charge in [0, 0.05) is 0 Å². The molecule has 1 aliphatic rings. The van der Waals surface area contributed by atoms with Crippen molar-refractivity contribution in [2.24, 2.45) is 11.8 Å². The van der Waals surface area contributed by atoms with Crippen molar-refractivity contribution in [2.45, 2.75) is 46.0 Å². The van der Waals surface area contributed by atoms with Crippen molar-refractivity contribution >= 4 is 0 Å². The van der Waals surface area contributed by atoms with Crippen LogP contribution >= 0.6 is 0 Å². The van der Waals surface area contributed by atoms with Crippen LogP contribution in [0, 0.1) is 30.4 Å². The summed E-state index contributed by atoms with van der Waals surface area (Å²) in [6.07, 6.45) is 3.17. The quantitative estimate of drug-likeness (QED) is 0.843. The molecule has 1 aromatic carbocycles. The molecule has 2 atom stereocenters. The zero-order chi connectivity index (χ0) is 14.7. The molecule has 3 heteroatoms. The molecule has 2 unspecified atom stereocenters. The zero-order valence-electron chi connectivity index (χ0n) is 12.7. The van der Waals surface area contributed by atoms with Gasteiger partial charge in [0.05, 0.1) is 0 Å². The summed E-state index contributed by atoms with van der Waals surface area (Å²) < 4.78 is 27.9. The van der Waals surface area contributed by atoms with Crippen LogP contribution in [-0.4, -0.2) is 13.1 Å². The summed E-state index contributed by atoms with van der Waals surface area (Å²) in [5.74, 6) is -0.118. The highest BCUT2D eigenvalue weighted by molar-refractivity contribution is 5.29. The SMILES string of the molecule is Cc1ccc(C2CCCC2CNCC(C)C)c(F)c1F. The molecule has 20 heavy (non-hydrogen) atoms. The molecule has 1 aromatic rings. The maximum Gasteiger partial charge on any atom is 0.162 e. The van der Waals surface area contributed by atoms with Crippen molar-refractivity contribution in [3.8, 4) is 0 Å². The Morgan fingerprint density at radius 3 is 2.65 bits per heavy atom. The summed E-state index contributed by atoms with van der Waals surface area (Å²) in [7, 11) is 0. The fraction of sp³-hybridized carbons (Fsp3) is 0.647. The van der Waals surface area contributed by atoms with E-state index in [-0.39, 0.29) is 5.92 Å². The van der Waals surface area contributed by atoms with E-state index in [9.17, 15) is 8.78 Å². The maximum atomic E-state index is 14.1. The fourth-order valence-corrected chi connectivity index (χ4v) is 3.20. The summed E-state index contributed by atoms with van der Waals surface area (Å²) >= 11 is 0. The standard InChI is InChI=1S/C17H25F2N/c1-11(2)9-20-10-13-5-4-6-14(13)15-8-7-12(3)16(18)17(15)19/h7-8,11,13-14,20H,4-6,9-10H2,1-3H3. The van der Waals surface area contributed by atoms with E-state index >= 15 is 0 Å². The van der Waals surface area contributed by atoms with Crippen molar-refractivity contribution in [2.75, 3.05) is 13.1 Å². The third-order valence-electron chi connectivity index (χ3n) is 4.32. The summed E-state index contributed by atoms with van der Waals surface area (Å²) in [5.41, 5.74) is 0.959. The number of halogens is 2. The maximum absolute atomic E-state index is 14.1. The Hall–Kier alpha value is -0.960. The molecule has 1 N–H and O–H groups in total. The van der Waals surface area contributed by atoms with Crippen molar-refractivity contribution < 1.29 is 8.78 Å². The lowest BCUT2D eigenvalue weighted by atomic mass is 9.87. The van der Waals surface area contributed by atoms with E-state index in [4.69, 9.17) is 0 Å². The summed E-state index contributed by atoms with van der Waals surface area (Å²) in [4.78, 5) is 0. The van der Waals surface area contributed by atoms with Crippen molar-refractivity contribution in [3.63, 3.8) is 0 Å². The van der Waals surface area contributed by atoms with Gasteiger partial charge in [0.25, 0.3) is 0 Å². The molecule has 1 aliphatic carbocycles. The van der Waals surface area contributed by atoms with E-state index in [1.165, 1.54) is 0 Å². The average Bonchev–Trinajstić information content (AvgIpc) is 2.84. The zero-order valence-corrected chi connectivity index (χ0v) is 12.7. The Kier molecular flexibility index (Phi) is 5.14. The molecule has 0 amide bonds. The molecular weight excluding hydrogens is 256 g/mol. The Morgan fingerprint density at radius 1 is 1.20 bits per heavy atom. The van der Waals surface area contributed by atoms with Crippen LogP contribution in [0.5, 0.6) is 0 Å². The van der Waals surface area contributed by atoms with Gasteiger partial charge in [-0.3, -0.25) is 0 Å². The first-order chi connectivity index (χ1) is 9.50. The molecule has 2 rings (SSSR count). The molecule has 1 saturated carbocycles. The fourth-order valence-electron chi connectivity index (χ4n) is 3.20. The van der Waals surface area contributed by atoms with Gasteiger partial charge < -0.3 is 5.32 Å². The van der Waals surface area contributed by atoms with Crippen LogP contribution in [0.2, 0.25) is 0 Å². The Morgan fingerprint density at radius 2 is 1.95 bits per heavy atom. The monoisotopic (exact) mass is 281 g/mol. The van der Waals surface area contributed by atoms with Gasteiger partial charge in [0.2, 0.25) is 0 Å². The molecule has 0 heterocycles. The lowest BCUT2D eigenvalue weighted by molar-refractivity contribution is 0.408. The molecule has 0 spiro atoms. The van der Waals surface area contributed by atoms with Gasteiger partial charge in [-0.25, -0.2) is 8.78 Å². The largest absolute Gasteiger partial charge is 0.316 e. The van der Waals surface area contributed by atoms with E-state index in [0.29, 0.717) is 23.0 Å². The van der Waals surface area contributed by atoms with Crippen LogP contribution < -0.4 is 5.32 Å². The van der Waals surface area contributed by atoms with Crippen LogP contribution in [0.15, 0.2) is 12.1 Å². The number of hydrogen-bond acceptors (Lipinski definition) is 1. The van der Waals surface area contributed by atoms with Crippen LogP contribution in [0.4, 0.5) is 8.78 Å². The normalized spacial score (nSPS) is 22.7. The van der Waals surface area contributed by atoms with Gasteiger partial charge in [-0.2, -0.15) is 0 Å². The number of benzene rings is 1. The number of aryl methyl sites for hydroxylation is 1. The van der Waals surface area contributed by atoms with E-state index in [0.717, 1.165) is 32.4 Å². The molecule has 0 aliphatic heterocycles. The molecule has 112 valence electrons. The van der Waals surface area contributed by atoms with Crippen LogP contribution in [0.25, 0.3) is 0 Å². The highest BCUT2D eigenvalue weighted by atomic mass is 19.2. The van der Waals surface area contributed by atoms with Crippen LogP contribution in [-0.2, 0) is 0 Å². The van der Waals surface area contributed by atoms with E-state index in [2.05, 4.69) is 19.2 Å².